The summed E-state index contributed by atoms with van der Waals surface area (Å²) in [5, 5.41) is 20.7. The number of nitrogens with zero attached hydrogens (tertiary/aromatic N) is 3. The van der Waals surface area contributed by atoms with Crippen molar-refractivity contribution in [3.63, 3.8) is 0 Å². The zero-order valence-electron chi connectivity index (χ0n) is 15.0. The maximum atomic E-state index is 12.4. The van der Waals surface area contributed by atoms with Gasteiger partial charge in [0.15, 0.2) is 11.9 Å². The summed E-state index contributed by atoms with van der Waals surface area (Å²) in [6.07, 6.45) is -2.84. The largest absolute Gasteiger partial charge is 0.388 e. The van der Waals surface area contributed by atoms with Gasteiger partial charge in [0.2, 0.25) is 5.95 Å². The molecule has 1 fully saturated rings. The molecule has 11 heteroatoms. The first-order valence-electron chi connectivity index (χ1n) is 8.64. The predicted molar refractivity (Wildman–Crippen MR) is 99.1 cm³/mol. The van der Waals surface area contributed by atoms with Crippen LogP contribution in [0.2, 0.25) is 0 Å². The van der Waals surface area contributed by atoms with Crippen molar-refractivity contribution in [1.82, 2.24) is 14.5 Å². The number of rotatable bonds is 6. The van der Waals surface area contributed by atoms with E-state index in [1.165, 1.54) is 6.20 Å². The summed E-state index contributed by atoms with van der Waals surface area (Å²) < 4.78 is 7.37. The number of aromatic nitrogens is 3. The van der Waals surface area contributed by atoms with Crippen molar-refractivity contribution in [3.8, 4) is 0 Å². The van der Waals surface area contributed by atoms with Crippen molar-refractivity contribution in [3.05, 3.63) is 15.9 Å². The molecule has 0 saturated carbocycles. The minimum Gasteiger partial charge on any atom is -0.388 e. The number of hydrogen-bond acceptors (Lipinski definition) is 10. The van der Waals surface area contributed by atoms with Crippen LogP contribution in [0, 0.1) is 5.92 Å². The van der Waals surface area contributed by atoms with Gasteiger partial charge >= 0.3 is 4.87 Å². The van der Waals surface area contributed by atoms with Gasteiger partial charge in [0, 0.05) is 6.42 Å². The van der Waals surface area contributed by atoms with Crippen LogP contribution in [0.3, 0.4) is 0 Å². The molecule has 2 aromatic heterocycles. The topological polar surface area (TPSA) is 167 Å². The number of nitrogens with two attached hydrogens (primary N) is 2. The minimum atomic E-state index is -1.35. The van der Waals surface area contributed by atoms with Crippen molar-refractivity contribution in [1.29, 1.82) is 0 Å². The SMILES string of the molecule is CC(C)[C@H](N)C(=O)CC[C@H]1O[C@@H](n2c(=O)sc3cnc(N)nc32)[C@H](O)[C@@H]1O. The Morgan fingerprint density at radius 1 is 1.41 bits per heavy atom. The standard InChI is InChI=1S/C16H23N5O5S/c1-6(2)10(17)7(22)3-4-8-11(23)12(24)14(26-8)21-13-9(27-16(21)25)5-19-15(18)20-13/h5-6,8,10-12,14,23-24H,3-4,17H2,1-2H3,(H2,18,19,20)/t8-,10+,11-,12-,14-/m1/s1. The second-order valence-electron chi connectivity index (χ2n) is 6.98. The Kier molecular flexibility index (Phi) is 5.58. The average molecular weight is 397 g/mol. The van der Waals surface area contributed by atoms with Gasteiger partial charge in [-0.1, -0.05) is 25.2 Å². The second kappa shape index (κ2) is 7.60. The number of carbonyl (C=O) groups excluding carboxylic acids is 1. The molecule has 0 aromatic carbocycles. The van der Waals surface area contributed by atoms with Crippen LogP contribution in [0.15, 0.2) is 11.0 Å². The highest BCUT2D eigenvalue weighted by Gasteiger charge is 2.45. The fraction of sp³-hybridized carbons (Fsp3) is 0.625. The maximum absolute atomic E-state index is 12.4. The fourth-order valence-electron chi connectivity index (χ4n) is 3.08. The lowest BCUT2D eigenvalue weighted by Gasteiger charge is -2.17. The highest BCUT2D eigenvalue weighted by Crippen LogP contribution is 2.33. The highest BCUT2D eigenvalue weighted by molar-refractivity contribution is 7.16. The molecule has 3 heterocycles. The quantitative estimate of drug-likeness (QED) is 0.497. The lowest BCUT2D eigenvalue weighted by Crippen LogP contribution is -2.37. The van der Waals surface area contributed by atoms with Crippen LogP contribution in [-0.2, 0) is 9.53 Å². The van der Waals surface area contributed by atoms with Gasteiger partial charge in [0.05, 0.1) is 23.0 Å². The third-order valence-corrected chi connectivity index (χ3v) is 5.61. The zero-order valence-corrected chi connectivity index (χ0v) is 15.8. The lowest BCUT2D eigenvalue weighted by atomic mass is 9.96. The average Bonchev–Trinajstić information content (AvgIpc) is 3.08. The van der Waals surface area contributed by atoms with Crippen molar-refractivity contribution >= 4 is 33.4 Å². The number of ketones is 1. The first kappa shape index (κ1) is 19.8. The minimum absolute atomic E-state index is 0.00569. The number of fused-ring (bicyclic) bond motifs is 1. The van der Waals surface area contributed by atoms with Crippen molar-refractivity contribution in [2.45, 2.75) is 57.3 Å². The molecule has 0 unspecified atom stereocenters. The van der Waals surface area contributed by atoms with E-state index in [0.717, 1.165) is 15.9 Å². The molecule has 148 valence electrons. The van der Waals surface area contributed by atoms with Gasteiger partial charge in [-0.3, -0.25) is 14.2 Å². The van der Waals surface area contributed by atoms with E-state index < -0.39 is 35.5 Å². The number of ether oxygens (including phenoxy) is 1. The molecule has 1 saturated heterocycles. The van der Waals surface area contributed by atoms with E-state index in [-0.39, 0.29) is 36.1 Å². The normalized spacial score (nSPS) is 26.7. The molecule has 0 bridgehead atoms. The molecular formula is C16H23N5O5S. The number of aliphatic hydroxyl groups excluding tert-OH is 2. The summed E-state index contributed by atoms with van der Waals surface area (Å²) in [5.41, 5.74) is 11.7. The number of carbonyl (C=O) groups is 1. The van der Waals surface area contributed by atoms with Gasteiger partial charge in [-0.25, -0.2) is 4.98 Å². The third kappa shape index (κ3) is 3.73. The summed E-state index contributed by atoms with van der Waals surface area (Å²) in [6.45, 7) is 3.70. The Morgan fingerprint density at radius 3 is 2.78 bits per heavy atom. The molecule has 2 aromatic rings. The van der Waals surface area contributed by atoms with Crippen LogP contribution in [0.25, 0.3) is 10.3 Å². The Morgan fingerprint density at radius 2 is 2.11 bits per heavy atom. The summed E-state index contributed by atoms with van der Waals surface area (Å²) in [7, 11) is 0. The summed E-state index contributed by atoms with van der Waals surface area (Å²) >= 11 is 0.888. The number of Topliss-reactive ketones (excluding diaryl/α,β-unsaturated/α-hetero) is 1. The van der Waals surface area contributed by atoms with Crippen LogP contribution in [0.4, 0.5) is 5.95 Å². The maximum Gasteiger partial charge on any atom is 0.311 e. The van der Waals surface area contributed by atoms with Gasteiger partial charge in [0.1, 0.15) is 18.0 Å². The Bertz CT molecular complexity index is 897. The smallest absolute Gasteiger partial charge is 0.311 e. The van der Waals surface area contributed by atoms with Gasteiger partial charge < -0.3 is 26.4 Å². The van der Waals surface area contributed by atoms with E-state index in [4.69, 9.17) is 16.2 Å². The van der Waals surface area contributed by atoms with Gasteiger partial charge in [-0.05, 0) is 12.3 Å². The number of hydrogen-bond donors (Lipinski definition) is 4. The summed E-state index contributed by atoms with van der Waals surface area (Å²) in [4.78, 5) is 31.9. The van der Waals surface area contributed by atoms with Gasteiger partial charge in [0.25, 0.3) is 0 Å². The summed E-state index contributed by atoms with van der Waals surface area (Å²) in [6, 6.07) is -0.590. The molecule has 0 radical (unpaired) electrons. The zero-order chi connectivity index (χ0) is 19.9. The summed E-state index contributed by atoms with van der Waals surface area (Å²) in [5.74, 6) is -0.157. The number of nitrogen functional groups attached to an aromatic ring is 1. The van der Waals surface area contributed by atoms with Crippen LogP contribution in [0.1, 0.15) is 32.9 Å². The predicted octanol–water partition coefficient (Wildman–Crippen LogP) is -0.613. The fourth-order valence-corrected chi connectivity index (χ4v) is 3.90. The van der Waals surface area contributed by atoms with Gasteiger partial charge in [-0.2, -0.15) is 4.98 Å². The highest BCUT2D eigenvalue weighted by atomic mass is 32.1. The van der Waals surface area contributed by atoms with Crippen molar-refractivity contribution in [2.24, 2.45) is 11.7 Å². The number of aliphatic hydroxyl groups is 2. The van der Waals surface area contributed by atoms with E-state index >= 15 is 0 Å². The van der Waals surface area contributed by atoms with Crippen LogP contribution >= 0.6 is 11.3 Å². The van der Waals surface area contributed by atoms with Crippen molar-refractivity contribution in [2.75, 3.05) is 5.73 Å². The molecule has 6 N–H and O–H groups in total. The van der Waals surface area contributed by atoms with E-state index in [1.807, 2.05) is 13.8 Å². The van der Waals surface area contributed by atoms with Crippen LogP contribution in [-0.4, -0.2) is 54.9 Å². The number of thiazole rings is 1. The van der Waals surface area contributed by atoms with Crippen LogP contribution in [0.5, 0.6) is 0 Å². The molecule has 10 nitrogen and oxygen atoms in total. The molecule has 27 heavy (non-hydrogen) atoms. The number of anilines is 1. The van der Waals surface area contributed by atoms with E-state index in [2.05, 4.69) is 9.97 Å². The van der Waals surface area contributed by atoms with E-state index in [1.54, 1.807) is 0 Å². The van der Waals surface area contributed by atoms with Crippen LogP contribution < -0.4 is 16.3 Å². The molecule has 5 atom stereocenters. The molecule has 3 rings (SSSR count). The molecule has 0 spiro atoms. The van der Waals surface area contributed by atoms with E-state index in [9.17, 15) is 19.8 Å². The van der Waals surface area contributed by atoms with Crippen molar-refractivity contribution < 1.29 is 19.7 Å². The van der Waals surface area contributed by atoms with Gasteiger partial charge in [-0.15, -0.1) is 0 Å². The molecular weight excluding hydrogens is 374 g/mol. The lowest BCUT2D eigenvalue weighted by molar-refractivity contribution is -0.122. The Labute approximate surface area is 158 Å². The molecule has 0 aliphatic carbocycles. The molecule has 0 amide bonds. The molecule has 1 aliphatic heterocycles. The van der Waals surface area contributed by atoms with E-state index in [0.29, 0.717) is 4.70 Å². The Hall–Kier alpha value is -1.92. The molecule has 1 aliphatic rings. The Balaban J connectivity index is 1.80. The third-order valence-electron chi connectivity index (χ3n) is 4.73. The monoisotopic (exact) mass is 397 g/mol. The first-order valence-corrected chi connectivity index (χ1v) is 9.45. The first-order chi connectivity index (χ1) is 12.7. The second-order valence-corrected chi connectivity index (χ2v) is 7.97.